The van der Waals surface area contributed by atoms with Crippen molar-refractivity contribution in [2.75, 3.05) is 7.05 Å². The van der Waals surface area contributed by atoms with Gasteiger partial charge in [0.05, 0.1) is 5.41 Å². The molecule has 0 unspecified atom stereocenters. The van der Waals surface area contributed by atoms with Crippen LogP contribution in [0.3, 0.4) is 0 Å². The number of guanidine groups is 1. The van der Waals surface area contributed by atoms with Crippen LogP contribution in [-0.4, -0.2) is 31.7 Å². The predicted molar refractivity (Wildman–Crippen MR) is 109 cm³/mol. The summed E-state index contributed by atoms with van der Waals surface area (Å²) >= 11 is 1.51. The number of hydrogen-bond donors (Lipinski definition) is 1. The van der Waals surface area contributed by atoms with Crippen molar-refractivity contribution < 1.29 is 4.79 Å². The number of hydrogen-bond acceptors (Lipinski definition) is 4. The van der Waals surface area contributed by atoms with Gasteiger partial charge in [-0.05, 0) is 28.8 Å². The van der Waals surface area contributed by atoms with E-state index in [-0.39, 0.29) is 17.3 Å². The lowest BCUT2D eigenvalue weighted by Gasteiger charge is -2.41. The predicted octanol–water partition coefficient (Wildman–Crippen LogP) is 2.63. The molecule has 1 aliphatic heterocycles. The Kier molecular flexibility index (Phi) is 4.51. The first-order chi connectivity index (χ1) is 12.0. The minimum absolute atomic E-state index is 0.0526. The third-order valence-electron chi connectivity index (χ3n) is 5.16. The summed E-state index contributed by atoms with van der Waals surface area (Å²) < 4.78 is 0. The van der Waals surface area contributed by atoms with E-state index in [1.807, 2.05) is 30.5 Å². The zero-order chi connectivity index (χ0) is 19.3. The molecule has 0 fully saturated rings. The molecule has 3 rings (SSSR count). The normalized spacial score (nSPS) is 23.9. The van der Waals surface area contributed by atoms with Crippen molar-refractivity contribution in [3.8, 4) is 0 Å². The number of nitrogens with zero attached hydrogens (tertiary/aromatic N) is 2. The van der Waals surface area contributed by atoms with E-state index in [2.05, 4.69) is 37.9 Å². The summed E-state index contributed by atoms with van der Waals surface area (Å²) in [4.78, 5) is 20.3. The molecule has 0 spiro atoms. The van der Waals surface area contributed by atoms with Gasteiger partial charge in [-0.1, -0.05) is 56.6 Å². The third-order valence-corrected chi connectivity index (χ3v) is 6.16. The van der Waals surface area contributed by atoms with Gasteiger partial charge < -0.3 is 5.73 Å². The van der Waals surface area contributed by atoms with Gasteiger partial charge in [0.15, 0.2) is 5.96 Å². The Balaban J connectivity index is 2.15. The molecule has 1 aromatic heterocycles. The lowest BCUT2D eigenvalue weighted by Crippen LogP contribution is -2.55. The van der Waals surface area contributed by atoms with Crippen LogP contribution in [0.2, 0.25) is 0 Å². The Morgan fingerprint density at radius 1 is 1.27 bits per heavy atom. The minimum atomic E-state index is -0.842. The van der Waals surface area contributed by atoms with Gasteiger partial charge in [-0.25, -0.2) is 4.99 Å². The van der Waals surface area contributed by atoms with Crippen LogP contribution in [0.15, 0.2) is 40.7 Å². The Morgan fingerprint density at radius 2 is 1.88 bits per heavy atom. The van der Waals surface area contributed by atoms with Crippen molar-refractivity contribution in [2.24, 2.45) is 10.7 Å². The molecule has 1 aliphatic rings. The van der Waals surface area contributed by atoms with E-state index in [9.17, 15) is 4.79 Å². The largest absolute Gasteiger partial charge is 0.369 e. The monoisotopic (exact) mass is 365 g/mol. The fourth-order valence-corrected chi connectivity index (χ4v) is 4.34. The second kappa shape index (κ2) is 6.27. The lowest BCUT2D eigenvalue weighted by molar-refractivity contribution is -0.133. The molecule has 0 saturated carbocycles. The van der Waals surface area contributed by atoms with Crippen molar-refractivity contribution in [1.82, 2.24) is 4.90 Å². The molecule has 0 bridgehead atoms. The van der Waals surface area contributed by atoms with E-state index in [0.717, 1.165) is 10.4 Å². The maximum atomic E-state index is 13.3. The summed E-state index contributed by atoms with van der Waals surface area (Å²) in [7, 11) is 7.58. The van der Waals surface area contributed by atoms with Crippen molar-refractivity contribution in [3.63, 3.8) is 0 Å². The SMILES string of the molecule is [B]c1csc([C@H]2N=C(N)N(C)C(=O)[C@]2(C)c2ccc(C(C)(C)C)cc2)c1. The summed E-state index contributed by atoms with van der Waals surface area (Å²) in [6, 6.07) is 9.74. The first-order valence-corrected chi connectivity index (χ1v) is 9.49. The van der Waals surface area contributed by atoms with E-state index >= 15 is 0 Å². The summed E-state index contributed by atoms with van der Waals surface area (Å²) in [6.45, 7) is 8.46. The Hall–Kier alpha value is -2.08. The van der Waals surface area contributed by atoms with E-state index in [1.165, 1.54) is 21.8 Å². The molecule has 2 aromatic rings. The summed E-state index contributed by atoms with van der Waals surface area (Å²) in [5.74, 6) is 0.168. The molecule has 26 heavy (non-hydrogen) atoms. The topological polar surface area (TPSA) is 58.7 Å². The Morgan fingerprint density at radius 3 is 2.38 bits per heavy atom. The van der Waals surface area contributed by atoms with Crippen LogP contribution in [0.1, 0.15) is 49.7 Å². The van der Waals surface area contributed by atoms with Crippen LogP contribution in [0.25, 0.3) is 0 Å². The van der Waals surface area contributed by atoms with Crippen LogP contribution < -0.4 is 11.2 Å². The van der Waals surface area contributed by atoms with Crippen molar-refractivity contribution in [3.05, 3.63) is 51.7 Å². The minimum Gasteiger partial charge on any atom is -0.369 e. The molecular weight excluding hydrogens is 341 g/mol. The number of carbonyl (C=O) groups excluding carboxylic acids is 1. The standard InChI is InChI=1S/C20H24BN3OS/c1-19(2,3)12-6-8-13(9-7-12)20(4)16(15-10-14(21)11-26-15)23-18(22)24(5)17(20)25/h6-11,16H,1-5H3,(H2,22,23)/t16-,20-/m1/s1. The van der Waals surface area contributed by atoms with E-state index < -0.39 is 11.5 Å². The summed E-state index contributed by atoms with van der Waals surface area (Å²) in [5, 5.41) is 1.87. The maximum absolute atomic E-state index is 13.3. The number of amides is 1. The highest BCUT2D eigenvalue weighted by Gasteiger charge is 2.49. The van der Waals surface area contributed by atoms with Crippen LogP contribution in [0, 0.1) is 0 Å². The van der Waals surface area contributed by atoms with Crippen molar-refractivity contribution in [1.29, 1.82) is 0 Å². The molecule has 2 radical (unpaired) electrons. The first-order valence-electron chi connectivity index (χ1n) is 8.61. The van der Waals surface area contributed by atoms with E-state index in [1.54, 1.807) is 7.05 Å². The average Bonchev–Trinajstić information content (AvgIpc) is 3.01. The fraction of sp³-hybridized carbons (Fsp3) is 0.400. The highest BCUT2D eigenvalue weighted by Crippen LogP contribution is 2.45. The molecule has 0 aliphatic carbocycles. The molecule has 2 atom stereocenters. The highest BCUT2D eigenvalue weighted by molar-refractivity contribution is 7.11. The zero-order valence-electron chi connectivity index (χ0n) is 15.9. The van der Waals surface area contributed by atoms with Crippen LogP contribution in [0.5, 0.6) is 0 Å². The van der Waals surface area contributed by atoms with Gasteiger partial charge in [0.25, 0.3) is 0 Å². The number of rotatable bonds is 2. The maximum Gasteiger partial charge on any atom is 0.241 e. The molecule has 2 heterocycles. The van der Waals surface area contributed by atoms with Gasteiger partial charge in [-0.3, -0.25) is 9.69 Å². The fourth-order valence-electron chi connectivity index (χ4n) is 3.38. The molecule has 0 saturated heterocycles. The Bertz CT molecular complexity index is 866. The van der Waals surface area contributed by atoms with Crippen LogP contribution in [-0.2, 0) is 15.6 Å². The number of thiophene rings is 1. The summed E-state index contributed by atoms with van der Waals surface area (Å²) in [5.41, 5.74) is 8.05. The number of aliphatic imine (C=N–C) groups is 1. The van der Waals surface area contributed by atoms with E-state index in [0.29, 0.717) is 5.46 Å². The van der Waals surface area contributed by atoms with E-state index in [4.69, 9.17) is 13.6 Å². The highest BCUT2D eigenvalue weighted by atomic mass is 32.1. The molecule has 1 aromatic carbocycles. The van der Waals surface area contributed by atoms with Gasteiger partial charge in [-0.2, -0.15) is 0 Å². The molecule has 134 valence electrons. The molecule has 1 amide bonds. The quantitative estimate of drug-likeness (QED) is 0.832. The van der Waals surface area contributed by atoms with Crippen LogP contribution >= 0.6 is 11.3 Å². The number of benzene rings is 1. The van der Waals surface area contributed by atoms with Crippen molar-refractivity contribution >= 4 is 36.5 Å². The second-order valence-corrected chi connectivity index (χ2v) is 9.01. The second-order valence-electron chi connectivity index (χ2n) is 8.07. The smallest absolute Gasteiger partial charge is 0.241 e. The molecule has 6 heteroatoms. The van der Waals surface area contributed by atoms with Gasteiger partial charge in [-0.15, -0.1) is 11.3 Å². The van der Waals surface area contributed by atoms with Crippen LogP contribution in [0.4, 0.5) is 0 Å². The van der Waals surface area contributed by atoms with Gasteiger partial charge >= 0.3 is 0 Å². The number of likely N-dealkylation sites (N-methyl/N-ethyl adjacent to an activating group) is 1. The van der Waals surface area contributed by atoms with Gasteiger partial charge in [0.1, 0.15) is 13.9 Å². The first kappa shape index (κ1) is 18.7. The Labute approximate surface area is 160 Å². The summed E-state index contributed by atoms with van der Waals surface area (Å²) in [6.07, 6.45) is 0. The molecular formula is C20H24BN3OS. The molecule has 2 N–H and O–H groups in total. The van der Waals surface area contributed by atoms with Crippen molar-refractivity contribution in [2.45, 2.75) is 44.6 Å². The zero-order valence-corrected chi connectivity index (χ0v) is 16.7. The lowest BCUT2D eigenvalue weighted by atomic mass is 9.72. The number of nitrogens with two attached hydrogens (primary N) is 1. The average molecular weight is 365 g/mol. The van der Waals surface area contributed by atoms with Gasteiger partial charge in [0, 0.05) is 11.9 Å². The number of carbonyl (C=O) groups is 1. The third kappa shape index (κ3) is 2.96. The van der Waals surface area contributed by atoms with Gasteiger partial charge in [0.2, 0.25) is 5.91 Å². The molecule has 4 nitrogen and oxygen atoms in total.